The van der Waals surface area contributed by atoms with Gasteiger partial charge in [0.2, 0.25) is 0 Å². The van der Waals surface area contributed by atoms with E-state index in [9.17, 15) is 5.11 Å². The van der Waals surface area contributed by atoms with Gasteiger partial charge in [-0.3, -0.25) is 0 Å². The highest BCUT2D eigenvalue weighted by Gasteiger charge is 2.20. The molecule has 0 unspecified atom stereocenters. The molecule has 1 aliphatic carbocycles. The van der Waals surface area contributed by atoms with E-state index in [1.165, 1.54) is 25.7 Å². The van der Waals surface area contributed by atoms with Crippen LogP contribution in [0.5, 0.6) is 5.75 Å². The van der Waals surface area contributed by atoms with Crippen molar-refractivity contribution < 1.29 is 5.11 Å². The first kappa shape index (κ1) is 15.0. The summed E-state index contributed by atoms with van der Waals surface area (Å²) >= 11 is 0. The molecule has 1 aromatic carbocycles. The van der Waals surface area contributed by atoms with Crippen LogP contribution in [0.1, 0.15) is 64.9 Å². The van der Waals surface area contributed by atoms with Gasteiger partial charge in [-0.05, 0) is 24.3 Å². The predicted octanol–water partition coefficient (Wildman–Crippen LogP) is 5.50. The van der Waals surface area contributed by atoms with Crippen LogP contribution < -0.4 is 0 Å². The number of phenolic OH excluding ortho intramolecular Hbond substituents is 1. The number of aromatic hydroxyl groups is 1. The van der Waals surface area contributed by atoms with Crippen LogP contribution in [0.2, 0.25) is 0 Å². The summed E-state index contributed by atoms with van der Waals surface area (Å²) in [6.45, 7) is 6.27. The van der Waals surface area contributed by atoms with Crippen LogP contribution in [-0.2, 0) is 5.41 Å². The van der Waals surface area contributed by atoms with Crippen molar-refractivity contribution in [2.45, 2.75) is 70.8 Å². The largest absolute Gasteiger partial charge is 0.505 e. The minimum absolute atomic E-state index is 0.0854. The molecule has 3 nitrogen and oxygen atoms in total. The van der Waals surface area contributed by atoms with Gasteiger partial charge >= 0.3 is 0 Å². The monoisotopic (exact) mass is 274 g/mol. The highest BCUT2D eigenvalue weighted by atomic mass is 16.3. The fourth-order valence-electron chi connectivity index (χ4n) is 2.73. The van der Waals surface area contributed by atoms with E-state index in [0.717, 1.165) is 18.4 Å². The van der Waals surface area contributed by atoms with Crippen LogP contribution in [0.4, 0.5) is 5.69 Å². The van der Waals surface area contributed by atoms with Gasteiger partial charge < -0.3 is 5.11 Å². The normalized spacial score (nSPS) is 18.4. The molecule has 20 heavy (non-hydrogen) atoms. The number of nitrogens with zero attached hydrogens (tertiary/aromatic N) is 2. The summed E-state index contributed by atoms with van der Waals surface area (Å²) in [6.07, 6.45) is 7.38. The van der Waals surface area contributed by atoms with Crippen molar-refractivity contribution in [2.24, 2.45) is 10.2 Å². The summed E-state index contributed by atoms with van der Waals surface area (Å²) in [7, 11) is 0. The third-order valence-electron chi connectivity index (χ3n) is 3.98. The lowest BCUT2D eigenvalue weighted by Crippen LogP contribution is -2.11. The van der Waals surface area contributed by atoms with Gasteiger partial charge in [0, 0.05) is 5.56 Å². The van der Waals surface area contributed by atoms with Crippen molar-refractivity contribution in [3.63, 3.8) is 0 Å². The van der Waals surface area contributed by atoms with E-state index in [0.29, 0.717) is 11.7 Å². The Labute approximate surface area is 122 Å². The molecule has 0 aromatic heterocycles. The van der Waals surface area contributed by atoms with E-state index in [-0.39, 0.29) is 11.2 Å². The minimum atomic E-state index is -0.0854. The first-order chi connectivity index (χ1) is 9.48. The second kappa shape index (κ2) is 6.38. The molecule has 1 aliphatic rings. The van der Waals surface area contributed by atoms with Gasteiger partial charge in [0.15, 0.2) is 0 Å². The molecule has 0 heterocycles. The quantitative estimate of drug-likeness (QED) is 0.562. The van der Waals surface area contributed by atoms with Crippen LogP contribution in [0.3, 0.4) is 0 Å². The first-order valence-corrected chi connectivity index (χ1v) is 7.72. The molecule has 0 aliphatic heterocycles. The molecule has 0 amide bonds. The van der Waals surface area contributed by atoms with Gasteiger partial charge in [0.25, 0.3) is 0 Å². The topological polar surface area (TPSA) is 45.0 Å². The standard InChI is InChI=1S/C17H26N2O/c1-17(2,3)14-11-8-12-15(16(14)20)19-18-13-9-6-4-5-7-10-13/h8,11-13,20H,4-7,9-10H2,1-3H3. The van der Waals surface area contributed by atoms with Gasteiger partial charge in [0.1, 0.15) is 11.4 Å². The smallest absolute Gasteiger partial charge is 0.146 e. The summed E-state index contributed by atoms with van der Waals surface area (Å²) in [5.41, 5.74) is 1.44. The maximum Gasteiger partial charge on any atom is 0.146 e. The summed E-state index contributed by atoms with van der Waals surface area (Å²) in [4.78, 5) is 0. The van der Waals surface area contributed by atoms with Crippen molar-refractivity contribution in [2.75, 3.05) is 0 Å². The van der Waals surface area contributed by atoms with E-state index in [4.69, 9.17) is 0 Å². The first-order valence-electron chi connectivity index (χ1n) is 7.72. The summed E-state index contributed by atoms with van der Waals surface area (Å²) < 4.78 is 0. The van der Waals surface area contributed by atoms with Gasteiger partial charge in [-0.25, -0.2) is 0 Å². The number of hydrogen-bond acceptors (Lipinski definition) is 3. The minimum Gasteiger partial charge on any atom is -0.505 e. The number of benzene rings is 1. The maximum absolute atomic E-state index is 10.4. The molecule has 0 radical (unpaired) electrons. The summed E-state index contributed by atoms with van der Waals surface area (Å²) in [5, 5.41) is 19.1. The zero-order chi connectivity index (χ0) is 14.6. The van der Waals surface area contributed by atoms with E-state index in [1.54, 1.807) is 0 Å². The molecule has 0 spiro atoms. The Balaban J connectivity index is 2.16. The van der Waals surface area contributed by atoms with Gasteiger partial charge in [-0.1, -0.05) is 58.6 Å². The number of phenols is 1. The molecule has 2 rings (SSSR count). The van der Waals surface area contributed by atoms with Crippen LogP contribution in [0, 0.1) is 0 Å². The van der Waals surface area contributed by atoms with Crippen molar-refractivity contribution in [3.05, 3.63) is 23.8 Å². The Hall–Kier alpha value is -1.38. The molecule has 1 fully saturated rings. The van der Waals surface area contributed by atoms with Crippen molar-refractivity contribution in [1.82, 2.24) is 0 Å². The second-order valence-electron chi connectivity index (χ2n) is 6.78. The molecular weight excluding hydrogens is 248 g/mol. The number of para-hydroxylation sites is 1. The molecule has 1 aromatic rings. The van der Waals surface area contributed by atoms with Crippen LogP contribution >= 0.6 is 0 Å². The van der Waals surface area contributed by atoms with Gasteiger partial charge in [-0.15, -0.1) is 0 Å². The van der Waals surface area contributed by atoms with Crippen LogP contribution in [-0.4, -0.2) is 11.1 Å². The lowest BCUT2D eigenvalue weighted by molar-refractivity contribution is 0.447. The zero-order valence-electron chi connectivity index (χ0n) is 12.9. The molecule has 1 N–H and O–H groups in total. The predicted molar refractivity (Wildman–Crippen MR) is 82.8 cm³/mol. The number of hydrogen-bond donors (Lipinski definition) is 1. The third kappa shape index (κ3) is 3.81. The Morgan fingerprint density at radius 2 is 1.70 bits per heavy atom. The zero-order valence-corrected chi connectivity index (χ0v) is 12.9. The van der Waals surface area contributed by atoms with Gasteiger partial charge in [-0.2, -0.15) is 10.2 Å². The Morgan fingerprint density at radius 1 is 1.05 bits per heavy atom. The molecule has 0 saturated heterocycles. The molecule has 0 atom stereocenters. The second-order valence-corrected chi connectivity index (χ2v) is 6.78. The van der Waals surface area contributed by atoms with E-state index in [2.05, 4.69) is 31.0 Å². The molecule has 1 saturated carbocycles. The van der Waals surface area contributed by atoms with Gasteiger partial charge in [0.05, 0.1) is 6.04 Å². The third-order valence-corrected chi connectivity index (χ3v) is 3.98. The maximum atomic E-state index is 10.4. The molecule has 110 valence electrons. The highest BCUT2D eigenvalue weighted by molar-refractivity contribution is 5.56. The fourth-order valence-corrected chi connectivity index (χ4v) is 2.73. The van der Waals surface area contributed by atoms with Crippen molar-refractivity contribution in [1.29, 1.82) is 0 Å². The molecule has 0 bridgehead atoms. The van der Waals surface area contributed by atoms with E-state index >= 15 is 0 Å². The lowest BCUT2D eigenvalue weighted by atomic mass is 9.86. The Bertz CT molecular complexity index is 466. The molecular formula is C17H26N2O. The Kier molecular flexibility index (Phi) is 4.79. The van der Waals surface area contributed by atoms with E-state index in [1.807, 2.05) is 18.2 Å². The van der Waals surface area contributed by atoms with Crippen LogP contribution in [0.25, 0.3) is 0 Å². The fraction of sp³-hybridized carbons (Fsp3) is 0.647. The number of rotatable bonds is 2. The van der Waals surface area contributed by atoms with E-state index < -0.39 is 0 Å². The SMILES string of the molecule is CC(C)(C)c1cccc(N=NC2CCCCCC2)c1O. The molecule has 3 heteroatoms. The summed E-state index contributed by atoms with van der Waals surface area (Å²) in [6, 6.07) is 6.07. The number of azo groups is 1. The van der Waals surface area contributed by atoms with Crippen LogP contribution in [0.15, 0.2) is 28.4 Å². The lowest BCUT2D eigenvalue weighted by Gasteiger charge is -2.20. The average molecular weight is 274 g/mol. The van der Waals surface area contributed by atoms with Crippen molar-refractivity contribution in [3.8, 4) is 5.75 Å². The Morgan fingerprint density at radius 3 is 2.30 bits per heavy atom. The highest BCUT2D eigenvalue weighted by Crippen LogP contribution is 2.37. The summed E-state index contributed by atoms with van der Waals surface area (Å²) in [5.74, 6) is 0.275. The average Bonchev–Trinajstić information content (AvgIpc) is 2.64. The van der Waals surface area contributed by atoms with Crippen molar-refractivity contribution >= 4 is 5.69 Å².